The molecule has 2 nitrogen and oxygen atoms in total. The van der Waals surface area contributed by atoms with E-state index in [0.29, 0.717) is 5.69 Å². The fourth-order valence-electron chi connectivity index (χ4n) is 1.07. The van der Waals surface area contributed by atoms with Crippen LogP contribution in [0.1, 0.15) is 10.5 Å². The van der Waals surface area contributed by atoms with Crippen LogP contribution in [-0.2, 0) is 7.05 Å². The molecule has 5 heteroatoms. The molecule has 0 atom stereocenters. The van der Waals surface area contributed by atoms with Gasteiger partial charge in [0.2, 0.25) is 5.78 Å². The Bertz CT molecular complexity index is 426. The maximum Gasteiger partial charge on any atom is 0.252 e. The van der Waals surface area contributed by atoms with Crippen LogP contribution >= 0.6 is 23.2 Å². The van der Waals surface area contributed by atoms with Crippen LogP contribution < -0.4 is 28.5 Å². The molecule has 0 aliphatic rings. The molecular weight excluding hydrogens is 360 g/mol. The molecule has 0 aromatic carbocycles. The van der Waals surface area contributed by atoms with Gasteiger partial charge in [0.15, 0.2) is 6.20 Å². The Labute approximate surface area is 122 Å². The first-order chi connectivity index (χ1) is 7.11. The van der Waals surface area contributed by atoms with Crippen LogP contribution in [0.4, 0.5) is 0 Å². The number of allylic oxidation sites excluding steroid dienone is 3. The molecule has 1 rings (SSSR count). The smallest absolute Gasteiger partial charge is 0.252 e. The van der Waals surface area contributed by atoms with Crippen LogP contribution in [-0.4, -0.2) is 5.78 Å². The Morgan fingerprint density at radius 1 is 1.38 bits per heavy atom. The van der Waals surface area contributed by atoms with Crippen molar-refractivity contribution in [2.45, 2.75) is 0 Å². The van der Waals surface area contributed by atoms with E-state index in [4.69, 9.17) is 23.2 Å². The van der Waals surface area contributed by atoms with Crippen molar-refractivity contribution in [2.24, 2.45) is 7.05 Å². The van der Waals surface area contributed by atoms with Gasteiger partial charge in [0.1, 0.15) is 11.5 Å². The number of nitrogens with zero attached hydrogens (tertiary/aromatic N) is 1. The number of halogens is 3. The van der Waals surface area contributed by atoms with Gasteiger partial charge in [0.05, 0.1) is 0 Å². The molecule has 0 fully saturated rings. The van der Waals surface area contributed by atoms with Crippen molar-refractivity contribution in [3.05, 3.63) is 52.8 Å². The summed E-state index contributed by atoms with van der Waals surface area (Å²) >= 11 is 10.8. The first kappa shape index (κ1) is 15.6. The van der Waals surface area contributed by atoms with E-state index < -0.39 is 0 Å². The lowest BCUT2D eigenvalue weighted by molar-refractivity contribution is -0.673. The third-order valence-electron chi connectivity index (χ3n) is 1.78. The predicted molar refractivity (Wildman–Crippen MR) is 60.9 cm³/mol. The van der Waals surface area contributed by atoms with Gasteiger partial charge >= 0.3 is 0 Å². The number of hydrogen-bond donors (Lipinski definition) is 0. The van der Waals surface area contributed by atoms with Gasteiger partial charge in [-0.05, 0) is 18.2 Å². The monoisotopic (exact) mass is 369 g/mol. The summed E-state index contributed by atoms with van der Waals surface area (Å²) in [6.07, 6.45) is 6.19. The van der Waals surface area contributed by atoms with Gasteiger partial charge in [-0.1, -0.05) is 29.3 Å². The Morgan fingerprint density at radius 2 is 2.06 bits per heavy atom. The van der Waals surface area contributed by atoms with Crippen molar-refractivity contribution in [1.29, 1.82) is 0 Å². The zero-order chi connectivity index (χ0) is 11.3. The van der Waals surface area contributed by atoms with Crippen LogP contribution in [0, 0.1) is 0 Å². The number of aromatic nitrogens is 1. The van der Waals surface area contributed by atoms with E-state index in [-0.39, 0.29) is 34.3 Å². The number of carbonyl (C=O) groups excluding carboxylic acids is 1. The van der Waals surface area contributed by atoms with Gasteiger partial charge < -0.3 is 24.0 Å². The van der Waals surface area contributed by atoms with E-state index in [1.165, 1.54) is 18.2 Å². The first-order valence-corrected chi connectivity index (χ1v) is 5.05. The molecule has 0 saturated carbocycles. The predicted octanol–water partition coefficient (Wildman–Crippen LogP) is -0.427. The molecular formula is C11H10Cl2INO. The summed E-state index contributed by atoms with van der Waals surface area (Å²) in [7, 11) is 1.81. The molecule has 0 bridgehead atoms. The maximum absolute atomic E-state index is 11.6. The normalized spacial score (nSPS) is 9.69. The summed E-state index contributed by atoms with van der Waals surface area (Å²) in [6.45, 7) is 0. The zero-order valence-corrected chi connectivity index (χ0v) is 12.2. The summed E-state index contributed by atoms with van der Waals surface area (Å²) < 4.78 is 1.87. The summed E-state index contributed by atoms with van der Waals surface area (Å²) in [5.74, 6) is -0.0936. The standard InChI is InChI=1S/C11H10Cl2NO.HI/c1-14-8-3-2-5-9(14)10(15)6-4-7-11(12)13;/h2-8H,1H3;1H/q+1;/p-1/b6-4+;. The summed E-state index contributed by atoms with van der Waals surface area (Å²) in [4.78, 5) is 11.6. The second-order valence-corrected chi connectivity index (χ2v) is 3.88. The maximum atomic E-state index is 11.6. The molecule has 0 radical (unpaired) electrons. The number of hydrogen-bond acceptors (Lipinski definition) is 1. The lowest BCUT2D eigenvalue weighted by atomic mass is 10.2. The minimum atomic E-state index is -0.0936. The van der Waals surface area contributed by atoms with Gasteiger partial charge in [-0.25, -0.2) is 0 Å². The molecule has 1 aromatic heterocycles. The van der Waals surface area contributed by atoms with E-state index in [0.717, 1.165) is 0 Å². The average Bonchev–Trinajstić information content (AvgIpc) is 2.17. The lowest BCUT2D eigenvalue weighted by Crippen LogP contribution is -3.00. The molecule has 0 amide bonds. The number of carbonyl (C=O) groups is 1. The highest BCUT2D eigenvalue weighted by molar-refractivity contribution is 6.56. The SMILES string of the molecule is C[n+]1ccccc1C(=O)/C=C/C=C(Cl)Cl.[I-]. The highest BCUT2D eigenvalue weighted by atomic mass is 127. The Kier molecular flexibility index (Phi) is 7.62. The van der Waals surface area contributed by atoms with Crippen LogP contribution in [0.5, 0.6) is 0 Å². The second-order valence-electron chi connectivity index (χ2n) is 2.88. The summed E-state index contributed by atoms with van der Waals surface area (Å²) in [6, 6.07) is 5.42. The van der Waals surface area contributed by atoms with Gasteiger partial charge in [0.25, 0.3) is 5.69 Å². The van der Waals surface area contributed by atoms with Crippen LogP contribution in [0.25, 0.3) is 0 Å². The number of aryl methyl sites for hydroxylation is 1. The van der Waals surface area contributed by atoms with Crippen molar-refractivity contribution in [3.63, 3.8) is 0 Å². The topological polar surface area (TPSA) is 20.9 Å². The summed E-state index contributed by atoms with van der Waals surface area (Å²) in [5, 5.41) is 0. The minimum Gasteiger partial charge on any atom is -1.00 e. The van der Waals surface area contributed by atoms with Crippen molar-refractivity contribution < 1.29 is 33.3 Å². The third kappa shape index (κ3) is 5.09. The molecule has 0 aliphatic carbocycles. The van der Waals surface area contributed by atoms with E-state index in [9.17, 15) is 4.79 Å². The van der Waals surface area contributed by atoms with Crippen molar-refractivity contribution in [3.8, 4) is 0 Å². The largest absolute Gasteiger partial charge is 1.00 e. The number of rotatable bonds is 3. The number of ketones is 1. The summed E-state index contributed by atoms with van der Waals surface area (Å²) in [5.41, 5.74) is 0.604. The van der Waals surface area contributed by atoms with E-state index >= 15 is 0 Å². The Morgan fingerprint density at radius 3 is 2.62 bits per heavy atom. The van der Waals surface area contributed by atoms with Gasteiger partial charge in [0, 0.05) is 12.1 Å². The fourth-order valence-corrected chi connectivity index (χ4v) is 1.22. The zero-order valence-electron chi connectivity index (χ0n) is 8.53. The van der Waals surface area contributed by atoms with E-state index in [1.54, 1.807) is 10.6 Å². The van der Waals surface area contributed by atoms with E-state index in [2.05, 4.69) is 0 Å². The van der Waals surface area contributed by atoms with Crippen molar-refractivity contribution >= 4 is 29.0 Å². The van der Waals surface area contributed by atoms with Crippen LogP contribution in [0.2, 0.25) is 0 Å². The van der Waals surface area contributed by atoms with Crippen LogP contribution in [0.15, 0.2) is 47.1 Å². The molecule has 0 unspecified atom stereocenters. The van der Waals surface area contributed by atoms with Crippen molar-refractivity contribution in [1.82, 2.24) is 0 Å². The van der Waals surface area contributed by atoms with Gasteiger partial charge in [-0.3, -0.25) is 4.79 Å². The van der Waals surface area contributed by atoms with Gasteiger partial charge in [-0.2, -0.15) is 4.57 Å². The Hall–Kier alpha value is -0.390. The second kappa shape index (κ2) is 7.81. The molecule has 0 N–H and O–H groups in total. The molecule has 1 aromatic rings. The average molecular weight is 370 g/mol. The van der Waals surface area contributed by atoms with Crippen LogP contribution in [0.3, 0.4) is 0 Å². The highest BCUT2D eigenvalue weighted by Gasteiger charge is 2.11. The molecule has 1 heterocycles. The first-order valence-electron chi connectivity index (χ1n) is 4.29. The molecule has 0 spiro atoms. The fraction of sp³-hybridized carbons (Fsp3) is 0.0909. The minimum absolute atomic E-state index is 0. The Balaban J connectivity index is 0.00000225. The lowest BCUT2D eigenvalue weighted by Gasteiger charge is -1.93. The molecule has 0 aliphatic heterocycles. The molecule has 16 heavy (non-hydrogen) atoms. The van der Waals surface area contributed by atoms with Gasteiger partial charge in [-0.15, -0.1) is 0 Å². The quantitative estimate of drug-likeness (QED) is 0.233. The molecule has 86 valence electrons. The van der Waals surface area contributed by atoms with Crippen molar-refractivity contribution in [2.75, 3.05) is 0 Å². The molecule has 0 saturated heterocycles. The van der Waals surface area contributed by atoms with E-state index in [1.807, 2.05) is 25.4 Å². The number of pyridine rings is 1. The highest BCUT2D eigenvalue weighted by Crippen LogP contribution is 2.05. The third-order valence-corrected chi connectivity index (χ3v) is 2.03.